The van der Waals surface area contributed by atoms with Crippen LogP contribution in [-0.2, 0) is 4.79 Å². The molecule has 5 heteroatoms. The van der Waals surface area contributed by atoms with Gasteiger partial charge in [-0.25, -0.2) is 0 Å². The molecule has 1 atom stereocenters. The highest BCUT2D eigenvalue weighted by atomic mass is 16.5. The summed E-state index contributed by atoms with van der Waals surface area (Å²) in [7, 11) is 0. The van der Waals surface area contributed by atoms with E-state index in [9.17, 15) is 4.79 Å². The van der Waals surface area contributed by atoms with Crippen LogP contribution >= 0.6 is 0 Å². The van der Waals surface area contributed by atoms with E-state index in [1.807, 2.05) is 12.1 Å². The largest absolute Gasteiger partial charge is 0.481 e. The summed E-state index contributed by atoms with van der Waals surface area (Å²) in [6, 6.07) is 5.19. The van der Waals surface area contributed by atoms with E-state index in [1.165, 1.54) is 0 Å². The SMILES string of the molecule is NC(CCC(=O)O)c1cccc2oncc12. The number of rotatable bonds is 4. The van der Waals surface area contributed by atoms with Gasteiger partial charge in [-0.3, -0.25) is 4.79 Å². The van der Waals surface area contributed by atoms with E-state index < -0.39 is 5.97 Å². The second-order valence-corrected chi connectivity index (χ2v) is 3.62. The van der Waals surface area contributed by atoms with Gasteiger partial charge in [-0.1, -0.05) is 17.3 Å². The lowest BCUT2D eigenvalue weighted by Gasteiger charge is -2.10. The monoisotopic (exact) mass is 220 g/mol. The van der Waals surface area contributed by atoms with Crippen molar-refractivity contribution in [2.24, 2.45) is 5.73 Å². The number of nitrogens with two attached hydrogens (primary N) is 1. The van der Waals surface area contributed by atoms with Crippen LogP contribution in [0.4, 0.5) is 0 Å². The van der Waals surface area contributed by atoms with Crippen LogP contribution in [0, 0.1) is 0 Å². The molecule has 1 unspecified atom stereocenters. The van der Waals surface area contributed by atoms with E-state index in [2.05, 4.69) is 5.16 Å². The molecule has 5 nitrogen and oxygen atoms in total. The molecule has 3 N–H and O–H groups in total. The molecule has 1 aromatic heterocycles. The average Bonchev–Trinajstić information content (AvgIpc) is 2.73. The van der Waals surface area contributed by atoms with Gasteiger partial charge in [0.1, 0.15) is 0 Å². The van der Waals surface area contributed by atoms with Gasteiger partial charge in [-0.2, -0.15) is 0 Å². The number of benzene rings is 1. The molecule has 2 rings (SSSR count). The van der Waals surface area contributed by atoms with E-state index in [0.29, 0.717) is 12.0 Å². The van der Waals surface area contributed by atoms with Crippen molar-refractivity contribution in [3.63, 3.8) is 0 Å². The molecule has 0 saturated heterocycles. The molecule has 0 aliphatic heterocycles. The molecular weight excluding hydrogens is 208 g/mol. The van der Waals surface area contributed by atoms with Crippen molar-refractivity contribution < 1.29 is 14.4 Å². The second kappa shape index (κ2) is 4.32. The Bertz CT molecular complexity index is 507. The molecule has 1 heterocycles. The van der Waals surface area contributed by atoms with Gasteiger partial charge in [0.05, 0.1) is 6.20 Å². The first kappa shape index (κ1) is 10.6. The van der Waals surface area contributed by atoms with Gasteiger partial charge < -0.3 is 15.4 Å². The van der Waals surface area contributed by atoms with Crippen LogP contribution in [0.15, 0.2) is 28.9 Å². The molecule has 16 heavy (non-hydrogen) atoms. The molecule has 84 valence electrons. The Hall–Kier alpha value is -1.88. The quantitative estimate of drug-likeness (QED) is 0.818. The number of hydrogen-bond donors (Lipinski definition) is 2. The predicted octanol–water partition coefficient (Wildman–Crippen LogP) is 1.69. The van der Waals surface area contributed by atoms with E-state index in [1.54, 1.807) is 12.3 Å². The lowest BCUT2D eigenvalue weighted by molar-refractivity contribution is -0.137. The van der Waals surface area contributed by atoms with Gasteiger partial charge in [0.25, 0.3) is 0 Å². The number of aromatic nitrogens is 1. The third kappa shape index (κ3) is 2.04. The minimum atomic E-state index is -0.840. The molecule has 0 fully saturated rings. The molecule has 0 aliphatic rings. The lowest BCUT2D eigenvalue weighted by atomic mass is 10.00. The molecule has 0 spiro atoms. The van der Waals surface area contributed by atoms with Gasteiger partial charge >= 0.3 is 5.97 Å². The van der Waals surface area contributed by atoms with Gasteiger partial charge in [0.15, 0.2) is 5.58 Å². The summed E-state index contributed by atoms with van der Waals surface area (Å²) in [5.41, 5.74) is 7.48. The third-order valence-electron chi connectivity index (χ3n) is 2.50. The predicted molar refractivity (Wildman–Crippen MR) is 57.8 cm³/mol. The molecule has 0 amide bonds. The Labute approximate surface area is 91.8 Å². The zero-order valence-corrected chi connectivity index (χ0v) is 8.59. The smallest absolute Gasteiger partial charge is 0.303 e. The summed E-state index contributed by atoms with van der Waals surface area (Å²) in [6.45, 7) is 0. The van der Waals surface area contributed by atoms with Crippen molar-refractivity contribution in [3.8, 4) is 0 Å². The van der Waals surface area contributed by atoms with E-state index in [0.717, 1.165) is 10.9 Å². The first-order valence-electron chi connectivity index (χ1n) is 4.99. The highest BCUT2D eigenvalue weighted by Crippen LogP contribution is 2.25. The Balaban J connectivity index is 2.25. The van der Waals surface area contributed by atoms with Crippen LogP contribution in [0.1, 0.15) is 24.4 Å². The van der Waals surface area contributed by atoms with Crippen molar-refractivity contribution in [1.82, 2.24) is 5.16 Å². The van der Waals surface area contributed by atoms with Crippen molar-refractivity contribution in [2.45, 2.75) is 18.9 Å². The van der Waals surface area contributed by atoms with E-state index in [4.69, 9.17) is 15.4 Å². The number of carboxylic acids is 1. The standard InChI is InChI=1S/C11H12N2O3/c12-9(4-5-11(14)15)7-2-1-3-10-8(7)6-13-16-10/h1-3,6,9H,4-5,12H2,(H,14,15). The van der Waals surface area contributed by atoms with Gasteiger partial charge in [-0.05, 0) is 18.1 Å². The second-order valence-electron chi connectivity index (χ2n) is 3.62. The highest BCUT2D eigenvalue weighted by molar-refractivity contribution is 5.80. The summed E-state index contributed by atoms with van der Waals surface area (Å²) in [4.78, 5) is 10.5. The third-order valence-corrected chi connectivity index (χ3v) is 2.50. The molecular formula is C11H12N2O3. The summed E-state index contributed by atoms with van der Waals surface area (Å²) in [5, 5.41) is 13.1. The van der Waals surface area contributed by atoms with Gasteiger partial charge in [0.2, 0.25) is 0 Å². The fourth-order valence-corrected chi connectivity index (χ4v) is 1.67. The first-order chi connectivity index (χ1) is 7.68. The first-order valence-corrected chi connectivity index (χ1v) is 4.99. The summed E-state index contributed by atoms with van der Waals surface area (Å²) in [6.07, 6.45) is 2.06. The average molecular weight is 220 g/mol. The van der Waals surface area contributed by atoms with E-state index in [-0.39, 0.29) is 12.5 Å². The van der Waals surface area contributed by atoms with Crippen LogP contribution < -0.4 is 5.73 Å². The summed E-state index contributed by atoms with van der Waals surface area (Å²) in [5.74, 6) is -0.840. The normalized spacial score (nSPS) is 12.8. The van der Waals surface area contributed by atoms with Crippen LogP contribution in [0.5, 0.6) is 0 Å². The summed E-state index contributed by atoms with van der Waals surface area (Å²) < 4.78 is 5.01. The number of nitrogens with zero attached hydrogens (tertiary/aromatic N) is 1. The van der Waals surface area contributed by atoms with Crippen LogP contribution in [0.3, 0.4) is 0 Å². The van der Waals surface area contributed by atoms with E-state index >= 15 is 0 Å². The fraction of sp³-hybridized carbons (Fsp3) is 0.273. The van der Waals surface area contributed by atoms with Crippen LogP contribution in [-0.4, -0.2) is 16.2 Å². The minimum absolute atomic E-state index is 0.0584. The minimum Gasteiger partial charge on any atom is -0.481 e. The summed E-state index contributed by atoms with van der Waals surface area (Å²) >= 11 is 0. The molecule has 0 aliphatic carbocycles. The van der Waals surface area contributed by atoms with Crippen molar-refractivity contribution in [2.75, 3.05) is 0 Å². The zero-order chi connectivity index (χ0) is 11.5. The number of hydrogen-bond acceptors (Lipinski definition) is 4. The van der Waals surface area contributed by atoms with Crippen LogP contribution in [0.2, 0.25) is 0 Å². The molecule has 2 aromatic rings. The number of aliphatic carboxylic acids is 1. The Morgan fingerprint density at radius 1 is 1.56 bits per heavy atom. The topological polar surface area (TPSA) is 89.4 Å². The van der Waals surface area contributed by atoms with Gasteiger partial charge in [-0.15, -0.1) is 0 Å². The number of carboxylic acid groups (broad SMARTS) is 1. The maximum Gasteiger partial charge on any atom is 0.303 e. The highest BCUT2D eigenvalue weighted by Gasteiger charge is 2.13. The maximum atomic E-state index is 10.5. The maximum absolute atomic E-state index is 10.5. The number of fused-ring (bicyclic) bond motifs is 1. The molecule has 0 bridgehead atoms. The Morgan fingerprint density at radius 3 is 3.12 bits per heavy atom. The van der Waals surface area contributed by atoms with Crippen molar-refractivity contribution >= 4 is 16.9 Å². The number of carbonyl (C=O) groups is 1. The fourth-order valence-electron chi connectivity index (χ4n) is 1.67. The van der Waals surface area contributed by atoms with Crippen molar-refractivity contribution in [3.05, 3.63) is 30.0 Å². The molecule has 1 aromatic carbocycles. The van der Waals surface area contributed by atoms with Gasteiger partial charge in [0, 0.05) is 17.8 Å². The van der Waals surface area contributed by atoms with Crippen LogP contribution in [0.25, 0.3) is 11.0 Å². The van der Waals surface area contributed by atoms with Crippen molar-refractivity contribution in [1.29, 1.82) is 0 Å². The molecule has 0 saturated carbocycles. The Kier molecular flexibility index (Phi) is 2.87. The zero-order valence-electron chi connectivity index (χ0n) is 8.59. The molecule has 0 radical (unpaired) electrons. The Morgan fingerprint density at radius 2 is 2.38 bits per heavy atom. The lowest BCUT2D eigenvalue weighted by Crippen LogP contribution is -2.12.